The molecule has 5 heteroatoms. The van der Waals surface area contributed by atoms with Crippen molar-refractivity contribution in [2.45, 2.75) is 32.0 Å². The van der Waals surface area contributed by atoms with Gasteiger partial charge in [0.1, 0.15) is 17.7 Å². The molecule has 0 unspecified atom stereocenters. The highest BCUT2D eigenvalue weighted by Crippen LogP contribution is 2.18. The molecule has 0 spiro atoms. The van der Waals surface area contributed by atoms with Crippen LogP contribution in [0.2, 0.25) is 0 Å². The molecule has 2 aromatic heterocycles. The van der Waals surface area contributed by atoms with Crippen LogP contribution in [0.3, 0.4) is 0 Å². The quantitative estimate of drug-likeness (QED) is 0.711. The molecule has 0 aromatic carbocycles. The van der Waals surface area contributed by atoms with Gasteiger partial charge < -0.3 is 19.8 Å². The molecule has 2 aromatic rings. The van der Waals surface area contributed by atoms with E-state index in [1.807, 2.05) is 6.92 Å². The fraction of sp³-hybridized carbons (Fsp3) is 0.417. The molecule has 5 nitrogen and oxygen atoms in total. The summed E-state index contributed by atoms with van der Waals surface area (Å²) in [5.74, 6) is 1.50. The molecule has 2 atom stereocenters. The van der Waals surface area contributed by atoms with E-state index >= 15 is 0 Å². The summed E-state index contributed by atoms with van der Waals surface area (Å²) in [6, 6.07) is 3.74. The molecule has 0 bridgehead atoms. The van der Waals surface area contributed by atoms with Gasteiger partial charge in [0, 0.05) is 18.4 Å². The van der Waals surface area contributed by atoms with E-state index in [1.54, 1.807) is 30.8 Å². The number of imidazole rings is 1. The number of aliphatic hydroxyl groups is 1. The van der Waals surface area contributed by atoms with Gasteiger partial charge in [-0.05, 0) is 25.5 Å². The Morgan fingerprint density at radius 3 is 3.12 bits per heavy atom. The lowest BCUT2D eigenvalue weighted by Gasteiger charge is -2.15. The van der Waals surface area contributed by atoms with Crippen molar-refractivity contribution in [1.29, 1.82) is 0 Å². The highest BCUT2D eigenvalue weighted by molar-refractivity contribution is 5.02. The lowest BCUT2D eigenvalue weighted by Crippen LogP contribution is -2.27. The zero-order chi connectivity index (χ0) is 12.1. The number of aliphatic hydroxyl groups excluding tert-OH is 1. The SMILES string of the molecule is C[C@H](C[C@@H](O)c1ccco1)NCc1ncc[nH]1. The van der Waals surface area contributed by atoms with Crippen LogP contribution >= 0.6 is 0 Å². The van der Waals surface area contributed by atoms with Crippen molar-refractivity contribution in [2.75, 3.05) is 0 Å². The topological polar surface area (TPSA) is 74.1 Å². The summed E-state index contributed by atoms with van der Waals surface area (Å²) in [6.07, 6.45) is 5.12. The van der Waals surface area contributed by atoms with Crippen LogP contribution in [0.15, 0.2) is 35.2 Å². The second-order valence-corrected chi connectivity index (χ2v) is 4.08. The van der Waals surface area contributed by atoms with Gasteiger partial charge in [-0.1, -0.05) is 0 Å². The number of hydrogen-bond donors (Lipinski definition) is 3. The van der Waals surface area contributed by atoms with Crippen molar-refractivity contribution in [1.82, 2.24) is 15.3 Å². The first kappa shape index (κ1) is 11.9. The van der Waals surface area contributed by atoms with Crippen molar-refractivity contribution >= 4 is 0 Å². The number of rotatable bonds is 6. The Bertz CT molecular complexity index is 411. The van der Waals surface area contributed by atoms with Crippen LogP contribution in [0, 0.1) is 0 Å². The third kappa shape index (κ3) is 3.44. The largest absolute Gasteiger partial charge is 0.467 e. The van der Waals surface area contributed by atoms with Gasteiger partial charge in [-0.2, -0.15) is 0 Å². The first-order valence-corrected chi connectivity index (χ1v) is 5.69. The van der Waals surface area contributed by atoms with Crippen molar-refractivity contribution in [3.63, 3.8) is 0 Å². The van der Waals surface area contributed by atoms with Gasteiger partial charge in [0.15, 0.2) is 0 Å². The Morgan fingerprint density at radius 2 is 2.47 bits per heavy atom. The van der Waals surface area contributed by atoms with Crippen molar-refractivity contribution in [3.8, 4) is 0 Å². The number of hydrogen-bond acceptors (Lipinski definition) is 4. The normalized spacial score (nSPS) is 14.7. The molecule has 0 aliphatic carbocycles. The number of nitrogens with one attached hydrogen (secondary N) is 2. The van der Waals surface area contributed by atoms with E-state index in [4.69, 9.17) is 4.42 Å². The fourth-order valence-electron chi connectivity index (χ4n) is 1.68. The average molecular weight is 235 g/mol. The van der Waals surface area contributed by atoms with Gasteiger partial charge in [0.2, 0.25) is 0 Å². The van der Waals surface area contributed by atoms with Gasteiger partial charge in [0.05, 0.1) is 12.8 Å². The van der Waals surface area contributed by atoms with E-state index in [0.29, 0.717) is 18.7 Å². The summed E-state index contributed by atoms with van der Waals surface area (Å²) in [4.78, 5) is 7.14. The molecule has 0 saturated carbocycles. The number of furan rings is 1. The van der Waals surface area contributed by atoms with Crippen LogP contribution in [0.1, 0.15) is 31.0 Å². The third-order valence-electron chi connectivity index (χ3n) is 2.62. The van der Waals surface area contributed by atoms with Gasteiger partial charge in [0.25, 0.3) is 0 Å². The highest BCUT2D eigenvalue weighted by Gasteiger charge is 2.14. The highest BCUT2D eigenvalue weighted by atomic mass is 16.4. The molecule has 2 heterocycles. The molecule has 3 N–H and O–H groups in total. The molecule has 0 aliphatic heterocycles. The van der Waals surface area contributed by atoms with E-state index in [-0.39, 0.29) is 6.04 Å². The maximum atomic E-state index is 9.88. The second-order valence-electron chi connectivity index (χ2n) is 4.08. The summed E-state index contributed by atoms with van der Waals surface area (Å²) in [7, 11) is 0. The molecule has 0 fully saturated rings. The Balaban J connectivity index is 1.75. The number of aromatic nitrogens is 2. The lowest BCUT2D eigenvalue weighted by atomic mass is 10.1. The third-order valence-corrected chi connectivity index (χ3v) is 2.62. The van der Waals surface area contributed by atoms with Crippen LogP contribution in [-0.4, -0.2) is 21.1 Å². The molecular formula is C12H17N3O2. The summed E-state index contributed by atoms with van der Waals surface area (Å²) < 4.78 is 5.15. The Morgan fingerprint density at radius 1 is 1.59 bits per heavy atom. The summed E-state index contributed by atoms with van der Waals surface area (Å²) in [5.41, 5.74) is 0. The number of H-pyrrole nitrogens is 1. The number of aromatic amines is 1. The molecule has 0 saturated heterocycles. The zero-order valence-electron chi connectivity index (χ0n) is 9.76. The van der Waals surface area contributed by atoms with Crippen LogP contribution in [0.5, 0.6) is 0 Å². The summed E-state index contributed by atoms with van der Waals surface area (Å²) in [5, 5.41) is 13.2. The summed E-state index contributed by atoms with van der Waals surface area (Å²) in [6.45, 7) is 2.69. The van der Waals surface area contributed by atoms with E-state index < -0.39 is 6.10 Å². The predicted octanol–water partition coefficient (Wildman–Crippen LogP) is 1.60. The Hall–Kier alpha value is -1.59. The minimum absolute atomic E-state index is 0.181. The monoisotopic (exact) mass is 235 g/mol. The molecule has 0 radical (unpaired) electrons. The molecule has 17 heavy (non-hydrogen) atoms. The van der Waals surface area contributed by atoms with Crippen molar-refractivity contribution in [3.05, 3.63) is 42.4 Å². The first-order chi connectivity index (χ1) is 8.25. The van der Waals surface area contributed by atoms with E-state index in [9.17, 15) is 5.11 Å². The van der Waals surface area contributed by atoms with Gasteiger partial charge >= 0.3 is 0 Å². The Labute approximate surface area is 99.9 Å². The van der Waals surface area contributed by atoms with Crippen LogP contribution in [0.25, 0.3) is 0 Å². The Kier molecular flexibility index (Phi) is 3.95. The second kappa shape index (κ2) is 5.65. The molecular weight excluding hydrogens is 218 g/mol. The van der Waals surface area contributed by atoms with Crippen LogP contribution in [-0.2, 0) is 6.54 Å². The fourth-order valence-corrected chi connectivity index (χ4v) is 1.68. The minimum atomic E-state index is -0.566. The average Bonchev–Trinajstić information content (AvgIpc) is 2.99. The smallest absolute Gasteiger partial charge is 0.132 e. The van der Waals surface area contributed by atoms with Crippen molar-refractivity contribution < 1.29 is 9.52 Å². The lowest BCUT2D eigenvalue weighted by molar-refractivity contribution is 0.128. The molecule has 2 rings (SSSR count). The maximum absolute atomic E-state index is 9.88. The summed E-state index contributed by atoms with van der Waals surface area (Å²) >= 11 is 0. The van der Waals surface area contributed by atoms with Crippen LogP contribution in [0.4, 0.5) is 0 Å². The maximum Gasteiger partial charge on any atom is 0.132 e. The minimum Gasteiger partial charge on any atom is -0.467 e. The van der Waals surface area contributed by atoms with E-state index in [2.05, 4.69) is 15.3 Å². The van der Waals surface area contributed by atoms with Crippen molar-refractivity contribution in [2.24, 2.45) is 0 Å². The van der Waals surface area contributed by atoms with E-state index in [0.717, 1.165) is 5.82 Å². The molecule has 0 aliphatic rings. The predicted molar refractivity (Wildman–Crippen MR) is 63.2 cm³/mol. The number of nitrogens with zero attached hydrogens (tertiary/aromatic N) is 1. The van der Waals surface area contributed by atoms with E-state index in [1.165, 1.54) is 0 Å². The van der Waals surface area contributed by atoms with Gasteiger partial charge in [-0.25, -0.2) is 4.98 Å². The molecule has 0 amide bonds. The standard InChI is InChI=1S/C12H17N3O2/c1-9(15-8-12-13-4-5-14-12)7-10(16)11-3-2-6-17-11/h2-6,9-10,15-16H,7-8H2,1H3,(H,13,14)/t9-,10-/m1/s1. The zero-order valence-corrected chi connectivity index (χ0v) is 9.76. The molecule has 92 valence electrons. The van der Waals surface area contributed by atoms with Gasteiger partial charge in [-0.3, -0.25) is 0 Å². The van der Waals surface area contributed by atoms with Gasteiger partial charge in [-0.15, -0.1) is 0 Å². The first-order valence-electron chi connectivity index (χ1n) is 5.69. The van der Waals surface area contributed by atoms with Crippen LogP contribution < -0.4 is 5.32 Å².